The lowest BCUT2D eigenvalue weighted by molar-refractivity contribution is 0.00688. The van der Waals surface area contributed by atoms with Gasteiger partial charge in [0.25, 0.3) is 5.91 Å². The highest BCUT2D eigenvalue weighted by Crippen LogP contribution is 2.25. The predicted molar refractivity (Wildman–Crippen MR) is 93.3 cm³/mol. The zero-order chi connectivity index (χ0) is 16.9. The second kappa shape index (κ2) is 7.74. The number of anilines is 1. The quantitative estimate of drug-likeness (QED) is 0.772. The molecule has 2 unspecified atom stereocenters. The van der Waals surface area contributed by atoms with Gasteiger partial charge in [0.1, 0.15) is 22.6 Å². The standard InChI is InChI=1S/C17H21N3O3S/c18-9-16-20-13(10-24-16)17(22)19-11-5-7-12(8-6-11)23-15-4-2-1-3-14(15)21/h5-8,10,14-15,21H,1-4,9,18H2,(H,19,22). The number of ether oxygens (including phenoxy) is 1. The molecule has 1 aliphatic carbocycles. The summed E-state index contributed by atoms with van der Waals surface area (Å²) < 4.78 is 5.84. The van der Waals surface area contributed by atoms with Gasteiger partial charge in [-0.15, -0.1) is 11.3 Å². The van der Waals surface area contributed by atoms with Crippen molar-refractivity contribution >= 4 is 22.9 Å². The first kappa shape index (κ1) is 16.9. The Morgan fingerprint density at radius 1 is 1.33 bits per heavy atom. The molecule has 0 spiro atoms. The first-order valence-electron chi connectivity index (χ1n) is 8.06. The summed E-state index contributed by atoms with van der Waals surface area (Å²) in [6, 6.07) is 7.14. The molecule has 1 aromatic heterocycles. The molecular weight excluding hydrogens is 326 g/mol. The lowest BCUT2D eigenvalue weighted by atomic mass is 9.95. The van der Waals surface area contributed by atoms with E-state index in [1.54, 1.807) is 29.6 Å². The first-order chi connectivity index (χ1) is 11.7. The summed E-state index contributed by atoms with van der Waals surface area (Å²) >= 11 is 1.37. The highest BCUT2D eigenvalue weighted by atomic mass is 32.1. The summed E-state index contributed by atoms with van der Waals surface area (Å²) in [5.41, 5.74) is 6.54. The van der Waals surface area contributed by atoms with Crippen LogP contribution in [0.2, 0.25) is 0 Å². The average molecular weight is 347 g/mol. The summed E-state index contributed by atoms with van der Waals surface area (Å²) in [6.07, 6.45) is 3.23. The third-order valence-electron chi connectivity index (χ3n) is 4.03. The number of hydrogen-bond acceptors (Lipinski definition) is 6. The average Bonchev–Trinajstić information content (AvgIpc) is 3.08. The van der Waals surface area contributed by atoms with Crippen LogP contribution in [0.15, 0.2) is 29.6 Å². The van der Waals surface area contributed by atoms with Gasteiger partial charge >= 0.3 is 0 Å². The molecule has 7 heteroatoms. The molecule has 128 valence electrons. The smallest absolute Gasteiger partial charge is 0.275 e. The number of amides is 1. The Morgan fingerprint density at radius 3 is 2.75 bits per heavy atom. The van der Waals surface area contributed by atoms with Gasteiger partial charge in [0.05, 0.1) is 6.10 Å². The highest BCUT2D eigenvalue weighted by molar-refractivity contribution is 7.09. The van der Waals surface area contributed by atoms with Crippen molar-refractivity contribution in [3.05, 3.63) is 40.3 Å². The maximum atomic E-state index is 12.1. The first-order valence-corrected chi connectivity index (χ1v) is 8.94. The van der Waals surface area contributed by atoms with Gasteiger partial charge in [0, 0.05) is 17.6 Å². The van der Waals surface area contributed by atoms with Crippen molar-refractivity contribution in [2.75, 3.05) is 5.32 Å². The zero-order valence-electron chi connectivity index (χ0n) is 13.3. The van der Waals surface area contributed by atoms with Crippen LogP contribution in [0.1, 0.15) is 41.2 Å². The van der Waals surface area contributed by atoms with Gasteiger partial charge in [-0.05, 0) is 43.5 Å². The number of nitrogens with one attached hydrogen (secondary N) is 1. The van der Waals surface area contributed by atoms with Crippen molar-refractivity contribution in [1.29, 1.82) is 0 Å². The van der Waals surface area contributed by atoms with Crippen molar-refractivity contribution in [2.24, 2.45) is 5.73 Å². The van der Waals surface area contributed by atoms with E-state index >= 15 is 0 Å². The van der Waals surface area contributed by atoms with Crippen LogP contribution >= 0.6 is 11.3 Å². The van der Waals surface area contributed by atoms with Crippen LogP contribution in [0.5, 0.6) is 5.75 Å². The van der Waals surface area contributed by atoms with Crippen molar-refractivity contribution in [2.45, 2.75) is 44.4 Å². The molecule has 1 fully saturated rings. The summed E-state index contributed by atoms with van der Waals surface area (Å²) in [7, 11) is 0. The van der Waals surface area contributed by atoms with Crippen LogP contribution in [0.3, 0.4) is 0 Å². The molecule has 1 heterocycles. The normalized spacial score (nSPS) is 20.6. The van der Waals surface area contributed by atoms with Crippen molar-refractivity contribution in [3.8, 4) is 5.75 Å². The largest absolute Gasteiger partial charge is 0.488 e. The Bertz CT molecular complexity index is 687. The van der Waals surface area contributed by atoms with Crippen LogP contribution in [-0.2, 0) is 6.54 Å². The molecule has 0 bridgehead atoms. The van der Waals surface area contributed by atoms with Crippen LogP contribution < -0.4 is 15.8 Å². The number of carbonyl (C=O) groups excluding carboxylic acids is 1. The van der Waals surface area contributed by atoms with E-state index in [1.165, 1.54) is 11.3 Å². The van der Waals surface area contributed by atoms with Gasteiger partial charge in [-0.1, -0.05) is 6.42 Å². The maximum absolute atomic E-state index is 12.1. The number of aromatic nitrogens is 1. The fraction of sp³-hybridized carbons (Fsp3) is 0.412. The Kier molecular flexibility index (Phi) is 5.44. The van der Waals surface area contributed by atoms with E-state index in [9.17, 15) is 9.90 Å². The van der Waals surface area contributed by atoms with Crippen molar-refractivity contribution in [1.82, 2.24) is 4.98 Å². The van der Waals surface area contributed by atoms with E-state index in [0.717, 1.165) is 30.7 Å². The van der Waals surface area contributed by atoms with E-state index in [4.69, 9.17) is 10.5 Å². The fourth-order valence-corrected chi connectivity index (χ4v) is 3.37. The third kappa shape index (κ3) is 4.11. The second-order valence-electron chi connectivity index (χ2n) is 5.82. The monoisotopic (exact) mass is 347 g/mol. The highest BCUT2D eigenvalue weighted by Gasteiger charge is 2.24. The Balaban J connectivity index is 1.58. The molecule has 1 amide bonds. The van der Waals surface area contributed by atoms with E-state index in [0.29, 0.717) is 23.7 Å². The number of carbonyl (C=O) groups is 1. The molecule has 24 heavy (non-hydrogen) atoms. The van der Waals surface area contributed by atoms with E-state index in [1.807, 2.05) is 0 Å². The molecule has 2 aromatic rings. The van der Waals surface area contributed by atoms with E-state index in [-0.39, 0.29) is 12.0 Å². The van der Waals surface area contributed by atoms with Crippen LogP contribution in [0, 0.1) is 0 Å². The van der Waals surface area contributed by atoms with Gasteiger partial charge < -0.3 is 20.9 Å². The van der Waals surface area contributed by atoms with E-state index in [2.05, 4.69) is 10.3 Å². The summed E-state index contributed by atoms with van der Waals surface area (Å²) in [4.78, 5) is 16.3. The van der Waals surface area contributed by atoms with Crippen LogP contribution in [-0.4, -0.2) is 28.2 Å². The SMILES string of the molecule is NCc1nc(C(=O)Nc2ccc(OC3CCCCC3O)cc2)cs1. The molecule has 1 aliphatic rings. The number of nitrogens with two attached hydrogens (primary N) is 1. The topological polar surface area (TPSA) is 97.5 Å². The number of rotatable bonds is 5. The minimum atomic E-state index is -0.403. The minimum Gasteiger partial charge on any atom is -0.488 e. The number of nitrogens with zero attached hydrogens (tertiary/aromatic N) is 1. The van der Waals surface area contributed by atoms with Crippen molar-refractivity contribution in [3.63, 3.8) is 0 Å². The van der Waals surface area contributed by atoms with Gasteiger partial charge in [0.15, 0.2) is 0 Å². The fourth-order valence-electron chi connectivity index (χ4n) is 2.71. The van der Waals surface area contributed by atoms with Gasteiger partial charge in [-0.25, -0.2) is 4.98 Å². The Morgan fingerprint density at radius 2 is 2.08 bits per heavy atom. The molecule has 1 saturated carbocycles. The lowest BCUT2D eigenvalue weighted by Gasteiger charge is -2.28. The van der Waals surface area contributed by atoms with Crippen molar-refractivity contribution < 1.29 is 14.6 Å². The maximum Gasteiger partial charge on any atom is 0.275 e. The van der Waals surface area contributed by atoms with Crippen LogP contribution in [0.4, 0.5) is 5.69 Å². The number of thiazole rings is 1. The predicted octanol–water partition coefficient (Wildman–Crippen LogP) is 2.54. The Hall–Kier alpha value is -1.96. The molecule has 4 N–H and O–H groups in total. The third-order valence-corrected chi connectivity index (χ3v) is 4.90. The molecule has 0 radical (unpaired) electrons. The zero-order valence-corrected chi connectivity index (χ0v) is 14.1. The van der Waals surface area contributed by atoms with Gasteiger partial charge in [0.2, 0.25) is 0 Å². The summed E-state index contributed by atoms with van der Waals surface area (Å²) in [5, 5.41) is 15.2. The molecule has 6 nitrogen and oxygen atoms in total. The number of benzene rings is 1. The van der Waals surface area contributed by atoms with Gasteiger partial charge in [-0.3, -0.25) is 4.79 Å². The number of aliphatic hydroxyl groups is 1. The minimum absolute atomic E-state index is 0.149. The lowest BCUT2D eigenvalue weighted by Crippen LogP contribution is -2.34. The van der Waals surface area contributed by atoms with Gasteiger partial charge in [-0.2, -0.15) is 0 Å². The Labute approximate surface area is 144 Å². The number of aliphatic hydroxyl groups excluding tert-OH is 1. The second-order valence-corrected chi connectivity index (χ2v) is 6.76. The molecule has 0 saturated heterocycles. The summed E-state index contributed by atoms with van der Waals surface area (Å²) in [6.45, 7) is 0.330. The molecule has 2 atom stereocenters. The molecule has 3 rings (SSSR count). The number of hydrogen-bond donors (Lipinski definition) is 3. The van der Waals surface area contributed by atoms with Crippen LogP contribution in [0.25, 0.3) is 0 Å². The summed E-state index contributed by atoms with van der Waals surface area (Å²) in [5.74, 6) is 0.431. The van der Waals surface area contributed by atoms with E-state index < -0.39 is 6.10 Å². The molecular formula is C17H21N3O3S. The molecule has 1 aromatic carbocycles. The molecule has 0 aliphatic heterocycles.